The van der Waals surface area contributed by atoms with Gasteiger partial charge in [0.05, 0.1) is 22.4 Å². The first-order valence-electron chi connectivity index (χ1n) is 5.50. The summed E-state index contributed by atoms with van der Waals surface area (Å²) in [5.74, 6) is -0.585. The third-order valence-corrected chi connectivity index (χ3v) is 2.71. The van der Waals surface area contributed by atoms with E-state index in [1.165, 1.54) is 6.20 Å². The summed E-state index contributed by atoms with van der Waals surface area (Å²) in [5, 5.41) is 13.1. The molecule has 0 atom stereocenters. The number of aryl methyl sites for hydroxylation is 1. The van der Waals surface area contributed by atoms with Crippen molar-refractivity contribution in [1.29, 1.82) is 0 Å². The predicted molar refractivity (Wildman–Crippen MR) is 72.8 cm³/mol. The molecule has 1 N–H and O–H groups in total. The SMILES string of the molecule is Cc1cncc(NC(=O)c2cc([N+](=O)[O-])cnc2Cl)c1. The molecule has 102 valence electrons. The van der Waals surface area contributed by atoms with Crippen molar-refractivity contribution in [2.24, 2.45) is 0 Å². The van der Waals surface area contributed by atoms with Crippen LogP contribution < -0.4 is 5.32 Å². The Bertz CT molecular complexity index is 690. The lowest BCUT2D eigenvalue weighted by molar-refractivity contribution is -0.385. The molecule has 0 unspecified atom stereocenters. The number of hydrogen-bond donors (Lipinski definition) is 1. The van der Waals surface area contributed by atoms with Gasteiger partial charge >= 0.3 is 0 Å². The monoisotopic (exact) mass is 292 g/mol. The first-order valence-corrected chi connectivity index (χ1v) is 5.88. The Labute approximate surface area is 118 Å². The van der Waals surface area contributed by atoms with Crippen LogP contribution in [0.5, 0.6) is 0 Å². The van der Waals surface area contributed by atoms with Gasteiger partial charge in [0.15, 0.2) is 0 Å². The summed E-state index contributed by atoms with van der Waals surface area (Å²) >= 11 is 5.78. The Kier molecular flexibility index (Phi) is 3.90. The van der Waals surface area contributed by atoms with Gasteiger partial charge in [-0.05, 0) is 18.6 Å². The van der Waals surface area contributed by atoms with Crippen LogP contribution in [0.2, 0.25) is 5.15 Å². The smallest absolute Gasteiger partial charge is 0.288 e. The van der Waals surface area contributed by atoms with E-state index in [-0.39, 0.29) is 16.4 Å². The Hall–Kier alpha value is -2.54. The zero-order valence-electron chi connectivity index (χ0n) is 10.3. The highest BCUT2D eigenvalue weighted by Crippen LogP contribution is 2.20. The van der Waals surface area contributed by atoms with Crippen LogP contribution in [0.1, 0.15) is 15.9 Å². The molecular weight excluding hydrogens is 284 g/mol. The van der Waals surface area contributed by atoms with E-state index in [9.17, 15) is 14.9 Å². The van der Waals surface area contributed by atoms with Gasteiger partial charge in [0.1, 0.15) is 11.3 Å². The molecule has 0 aromatic carbocycles. The van der Waals surface area contributed by atoms with Crippen LogP contribution in [0.25, 0.3) is 0 Å². The van der Waals surface area contributed by atoms with Gasteiger partial charge in [0.25, 0.3) is 11.6 Å². The number of anilines is 1. The first-order chi connectivity index (χ1) is 9.47. The summed E-state index contributed by atoms with van der Waals surface area (Å²) < 4.78 is 0. The molecule has 0 aliphatic carbocycles. The summed E-state index contributed by atoms with van der Waals surface area (Å²) in [6.45, 7) is 1.82. The number of carbonyl (C=O) groups excluding carboxylic acids is 1. The molecule has 0 saturated carbocycles. The van der Waals surface area contributed by atoms with Crippen molar-refractivity contribution >= 4 is 28.9 Å². The molecule has 0 bridgehead atoms. The minimum atomic E-state index is -0.645. The number of pyridine rings is 2. The van der Waals surface area contributed by atoms with Crippen LogP contribution in [-0.2, 0) is 0 Å². The lowest BCUT2D eigenvalue weighted by atomic mass is 10.2. The Morgan fingerprint density at radius 2 is 2.10 bits per heavy atom. The molecule has 7 nitrogen and oxygen atoms in total. The van der Waals surface area contributed by atoms with E-state index in [4.69, 9.17) is 11.6 Å². The topological polar surface area (TPSA) is 98.0 Å². The van der Waals surface area contributed by atoms with Gasteiger partial charge in [-0.15, -0.1) is 0 Å². The predicted octanol–water partition coefficient (Wildman–Crippen LogP) is 2.60. The second-order valence-corrected chi connectivity index (χ2v) is 4.35. The second-order valence-electron chi connectivity index (χ2n) is 3.99. The largest absolute Gasteiger partial charge is 0.320 e. The molecule has 0 saturated heterocycles. The molecule has 20 heavy (non-hydrogen) atoms. The molecule has 0 aliphatic rings. The van der Waals surface area contributed by atoms with Crippen molar-refractivity contribution in [3.63, 3.8) is 0 Å². The molecule has 8 heteroatoms. The Balaban J connectivity index is 2.29. The molecule has 0 aliphatic heterocycles. The highest BCUT2D eigenvalue weighted by atomic mass is 35.5. The minimum Gasteiger partial charge on any atom is -0.320 e. The van der Waals surface area contributed by atoms with E-state index in [0.717, 1.165) is 17.8 Å². The van der Waals surface area contributed by atoms with Crippen LogP contribution in [-0.4, -0.2) is 20.8 Å². The number of carbonyl (C=O) groups is 1. The maximum Gasteiger partial charge on any atom is 0.288 e. The average Bonchev–Trinajstić information content (AvgIpc) is 2.38. The number of halogens is 1. The van der Waals surface area contributed by atoms with Crippen LogP contribution >= 0.6 is 11.6 Å². The number of nitrogens with zero attached hydrogens (tertiary/aromatic N) is 3. The number of nitrogens with one attached hydrogen (secondary N) is 1. The van der Waals surface area contributed by atoms with Gasteiger partial charge in [-0.3, -0.25) is 19.9 Å². The van der Waals surface area contributed by atoms with E-state index in [1.54, 1.807) is 12.3 Å². The van der Waals surface area contributed by atoms with E-state index in [1.807, 2.05) is 6.92 Å². The van der Waals surface area contributed by atoms with Crippen LogP contribution in [0.15, 0.2) is 30.7 Å². The van der Waals surface area contributed by atoms with Gasteiger partial charge in [-0.2, -0.15) is 0 Å². The molecule has 2 aromatic heterocycles. The molecule has 1 amide bonds. The normalized spacial score (nSPS) is 10.1. The minimum absolute atomic E-state index is 0.0672. The molecule has 0 fully saturated rings. The van der Waals surface area contributed by atoms with Crippen molar-refractivity contribution in [2.45, 2.75) is 6.92 Å². The van der Waals surface area contributed by atoms with Gasteiger partial charge in [-0.1, -0.05) is 11.6 Å². The molecule has 2 aromatic rings. The summed E-state index contributed by atoms with van der Waals surface area (Å²) in [6, 6.07) is 2.79. The fourth-order valence-corrected chi connectivity index (χ4v) is 1.71. The number of hydrogen-bond acceptors (Lipinski definition) is 5. The standard InChI is InChI=1S/C12H9ClN4O3/c1-7-2-8(5-14-4-7)16-12(18)10-3-9(17(19)20)6-15-11(10)13/h2-6H,1H3,(H,16,18). The van der Waals surface area contributed by atoms with Crippen LogP contribution in [0.4, 0.5) is 11.4 Å². The fourth-order valence-electron chi connectivity index (χ4n) is 1.52. The van der Waals surface area contributed by atoms with Crippen molar-refractivity contribution < 1.29 is 9.72 Å². The number of nitro groups is 1. The fraction of sp³-hybridized carbons (Fsp3) is 0.0833. The number of aromatic nitrogens is 2. The molecular formula is C12H9ClN4O3. The van der Waals surface area contributed by atoms with Crippen molar-refractivity contribution in [3.8, 4) is 0 Å². The third-order valence-electron chi connectivity index (χ3n) is 2.41. The zero-order valence-corrected chi connectivity index (χ0v) is 11.1. The lowest BCUT2D eigenvalue weighted by Gasteiger charge is -2.06. The van der Waals surface area contributed by atoms with Gasteiger partial charge in [-0.25, -0.2) is 4.98 Å². The summed E-state index contributed by atoms with van der Waals surface area (Å²) in [4.78, 5) is 29.6. The number of rotatable bonds is 3. The summed E-state index contributed by atoms with van der Waals surface area (Å²) in [6.07, 6.45) is 4.09. The van der Waals surface area contributed by atoms with Crippen LogP contribution in [0, 0.1) is 17.0 Å². The maximum absolute atomic E-state index is 12.0. The average molecular weight is 293 g/mol. The Morgan fingerprint density at radius 1 is 1.35 bits per heavy atom. The lowest BCUT2D eigenvalue weighted by Crippen LogP contribution is -2.13. The Morgan fingerprint density at radius 3 is 2.75 bits per heavy atom. The van der Waals surface area contributed by atoms with E-state index in [0.29, 0.717) is 5.69 Å². The molecule has 0 spiro atoms. The van der Waals surface area contributed by atoms with Crippen molar-refractivity contribution in [1.82, 2.24) is 9.97 Å². The molecule has 2 heterocycles. The van der Waals surface area contributed by atoms with E-state index < -0.39 is 10.8 Å². The zero-order chi connectivity index (χ0) is 14.7. The first kappa shape index (κ1) is 13.9. The number of amides is 1. The molecule has 2 rings (SSSR count). The maximum atomic E-state index is 12.0. The van der Waals surface area contributed by atoms with Gasteiger partial charge < -0.3 is 5.32 Å². The van der Waals surface area contributed by atoms with E-state index in [2.05, 4.69) is 15.3 Å². The van der Waals surface area contributed by atoms with Gasteiger partial charge in [0.2, 0.25) is 0 Å². The van der Waals surface area contributed by atoms with Gasteiger partial charge in [0, 0.05) is 12.3 Å². The highest BCUT2D eigenvalue weighted by Gasteiger charge is 2.17. The van der Waals surface area contributed by atoms with E-state index >= 15 is 0 Å². The van der Waals surface area contributed by atoms with Crippen molar-refractivity contribution in [2.75, 3.05) is 5.32 Å². The summed E-state index contributed by atoms with van der Waals surface area (Å²) in [5.41, 5.74) is 0.966. The third kappa shape index (κ3) is 3.07. The van der Waals surface area contributed by atoms with Crippen molar-refractivity contribution in [3.05, 3.63) is 57.1 Å². The van der Waals surface area contributed by atoms with Crippen LogP contribution in [0.3, 0.4) is 0 Å². The highest BCUT2D eigenvalue weighted by molar-refractivity contribution is 6.33. The molecule has 0 radical (unpaired) electrons. The quantitative estimate of drug-likeness (QED) is 0.532. The second kappa shape index (κ2) is 5.62. The summed E-state index contributed by atoms with van der Waals surface area (Å²) in [7, 11) is 0.